The number of carbonyl (C=O) groups is 2. The zero-order valence-corrected chi connectivity index (χ0v) is 15.8. The number of carbonyl (C=O) groups excluding carboxylic acids is 2. The van der Waals surface area contributed by atoms with Crippen molar-refractivity contribution in [2.45, 2.75) is 32.4 Å². The van der Waals surface area contributed by atoms with Gasteiger partial charge >= 0.3 is 5.97 Å². The van der Waals surface area contributed by atoms with E-state index in [9.17, 15) is 9.59 Å². The summed E-state index contributed by atoms with van der Waals surface area (Å²) < 4.78 is 7.32. The number of hydrogen-bond acceptors (Lipinski definition) is 4. The van der Waals surface area contributed by atoms with Gasteiger partial charge in [0.05, 0.1) is 11.8 Å². The van der Waals surface area contributed by atoms with Gasteiger partial charge in [-0.15, -0.1) is 0 Å². The van der Waals surface area contributed by atoms with Crippen LogP contribution in [0.25, 0.3) is 0 Å². The number of hydrogen-bond donors (Lipinski definition) is 1. The second-order valence-electron chi connectivity index (χ2n) is 7.09. The maximum Gasteiger partial charge on any atom is 0.339 e. The van der Waals surface area contributed by atoms with Crippen molar-refractivity contribution < 1.29 is 14.3 Å². The molecule has 3 aromatic rings. The molecule has 1 atom stereocenters. The number of fused-ring (bicyclic) bond motifs is 1. The molecule has 1 aliphatic rings. The average Bonchev–Trinajstić information content (AvgIpc) is 3.16. The molecule has 4 rings (SSSR count). The van der Waals surface area contributed by atoms with Gasteiger partial charge < -0.3 is 10.1 Å². The maximum absolute atomic E-state index is 12.7. The number of benzene rings is 2. The van der Waals surface area contributed by atoms with Crippen molar-refractivity contribution in [3.05, 3.63) is 83.0 Å². The van der Waals surface area contributed by atoms with Gasteiger partial charge in [0.15, 0.2) is 0 Å². The number of nitrogens with zero attached hydrogens (tertiary/aromatic N) is 2. The fraction of sp³-hybridized carbons (Fsp3) is 0.227. The standard InChI is InChI=1S/C22H21N3O3/c1-14(2)25-20(10-11-23-25)24-21(26)16-8-9-18-17(12-16)13-19(28-22(18)27)15-6-4-3-5-7-15/h3-12,14,19H,13H2,1-2H3,(H,24,26)/t19-/m0/s1. The van der Waals surface area contributed by atoms with Crippen molar-refractivity contribution in [1.82, 2.24) is 9.78 Å². The minimum absolute atomic E-state index is 0.134. The molecular formula is C22H21N3O3. The van der Waals surface area contributed by atoms with E-state index in [1.807, 2.05) is 44.2 Å². The number of nitrogens with one attached hydrogen (secondary N) is 1. The molecule has 142 valence electrons. The number of amides is 1. The van der Waals surface area contributed by atoms with Crippen LogP contribution in [0.1, 0.15) is 57.8 Å². The summed E-state index contributed by atoms with van der Waals surface area (Å²) in [6.45, 7) is 3.99. The Morgan fingerprint density at radius 3 is 2.71 bits per heavy atom. The van der Waals surface area contributed by atoms with Crippen LogP contribution in [0.5, 0.6) is 0 Å². The van der Waals surface area contributed by atoms with Gasteiger partial charge in [-0.2, -0.15) is 5.10 Å². The van der Waals surface area contributed by atoms with E-state index >= 15 is 0 Å². The van der Waals surface area contributed by atoms with Crippen LogP contribution in [0.15, 0.2) is 60.8 Å². The van der Waals surface area contributed by atoms with E-state index in [-0.39, 0.29) is 24.0 Å². The third-order valence-corrected chi connectivity index (χ3v) is 4.81. The monoisotopic (exact) mass is 375 g/mol. The second kappa shape index (κ2) is 7.31. The van der Waals surface area contributed by atoms with Crippen LogP contribution < -0.4 is 5.32 Å². The van der Waals surface area contributed by atoms with Crippen LogP contribution in [0.3, 0.4) is 0 Å². The lowest BCUT2D eigenvalue weighted by Gasteiger charge is -2.25. The molecule has 1 aromatic heterocycles. The normalized spacial score (nSPS) is 15.8. The van der Waals surface area contributed by atoms with Crippen molar-refractivity contribution in [1.29, 1.82) is 0 Å². The number of cyclic esters (lactones) is 1. The number of rotatable bonds is 4. The van der Waals surface area contributed by atoms with E-state index in [0.717, 1.165) is 11.1 Å². The summed E-state index contributed by atoms with van der Waals surface area (Å²) in [5.41, 5.74) is 2.76. The lowest BCUT2D eigenvalue weighted by atomic mass is 9.93. The molecular weight excluding hydrogens is 354 g/mol. The van der Waals surface area contributed by atoms with Crippen molar-refractivity contribution in [3.63, 3.8) is 0 Å². The molecule has 2 aromatic carbocycles. The molecule has 0 bridgehead atoms. The summed E-state index contributed by atoms with van der Waals surface area (Å²) in [4.78, 5) is 25.1. The van der Waals surface area contributed by atoms with Crippen LogP contribution in [0.4, 0.5) is 5.82 Å². The summed E-state index contributed by atoms with van der Waals surface area (Å²) in [6.07, 6.45) is 1.85. The van der Waals surface area contributed by atoms with E-state index in [2.05, 4.69) is 10.4 Å². The molecule has 2 heterocycles. The van der Waals surface area contributed by atoms with Crippen LogP contribution in [-0.2, 0) is 11.2 Å². The van der Waals surface area contributed by atoms with Gasteiger partial charge in [0.25, 0.3) is 5.91 Å². The van der Waals surface area contributed by atoms with Crippen molar-refractivity contribution in [2.75, 3.05) is 5.32 Å². The first-order valence-electron chi connectivity index (χ1n) is 9.26. The predicted octanol–water partition coefficient (Wildman–Crippen LogP) is 4.17. The maximum atomic E-state index is 12.7. The molecule has 0 aliphatic carbocycles. The molecule has 1 amide bonds. The Labute approximate surface area is 163 Å². The largest absolute Gasteiger partial charge is 0.454 e. The summed E-state index contributed by atoms with van der Waals surface area (Å²) >= 11 is 0. The van der Waals surface area contributed by atoms with Crippen LogP contribution in [0, 0.1) is 0 Å². The quantitative estimate of drug-likeness (QED) is 0.695. The SMILES string of the molecule is CC(C)n1nccc1NC(=O)c1ccc2c(c1)C[C@@H](c1ccccc1)OC2=O. The Kier molecular flexibility index (Phi) is 4.69. The van der Waals surface area contributed by atoms with E-state index in [1.54, 1.807) is 35.1 Å². The van der Waals surface area contributed by atoms with Crippen LogP contribution in [-0.4, -0.2) is 21.7 Å². The van der Waals surface area contributed by atoms with Gasteiger partial charge in [0, 0.05) is 24.1 Å². The van der Waals surface area contributed by atoms with Gasteiger partial charge in [-0.05, 0) is 43.2 Å². The molecule has 6 nitrogen and oxygen atoms in total. The van der Waals surface area contributed by atoms with Crippen LogP contribution in [0.2, 0.25) is 0 Å². The summed E-state index contributed by atoms with van der Waals surface area (Å²) in [6, 6.07) is 16.6. The third-order valence-electron chi connectivity index (χ3n) is 4.81. The molecule has 1 aliphatic heterocycles. The molecule has 0 spiro atoms. The first-order valence-corrected chi connectivity index (χ1v) is 9.26. The van der Waals surface area contributed by atoms with Crippen molar-refractivity contribution >= 4 is 17.7 Å². The topological polar surface area (TPSA) is 73.2 Å². The molecule has 0 fully saturated rings. The third kappa shape index (κ3) is 3.41. The zero-order chi connectivity index (χ0) is 19.7. The summed E-state index contributed by atoms with van der Waals surface area (Å²) in [5, 5.41) is 7.12. The van der Waals surface area contributed by atoms with Crippen molar-refractivity contribution in [2.24, 2.45) is 0 Å². The van der Waals surface area contributed by atoms with E-state index in [4.69, 9.17) is 4.74 Å². The molecule has 0 unspecified atom stereocenters. The fourth-order valence-electron chi connectivity index (χ4n) is 3.40. The molecule has 28 heavy (non-hydrogen) atoms. The first kappa shape index (κ1) is 18.0. The summed E-state index contributed by atoms with van der Waals surface area (Å²) in [7, 11) is 0. The summed E-state index contributed by atoms with van der Waals surface area (Å²) in [5.74, 6) is 0.0413. The van der Waals surface area contributed by atoms with E-state index < -0.39 is 0 Å². The minimum atomic E-state index is -0.361. The predicted molar refractivity (Wildman–Crippen MR) is 105 cm³/mol. The lowest BCUT2D eigenvalue weighted by Crippen LogP contribution is -2.23. The number of ether oxygens (including phenoxy) is 1. The Morgan fingerprint density at radius 2 is 1.96 bits per heavy atom. The second-order valence-corrected chi connectivity index (χ2v) is 7.09. The van der Waals surface area contributed by atoms with Gasteiger partial charge in [-0.3, -0.25) is 4.79 Å². The Morgan fingerprint density at radius 1 is 1.18 bits per heavy atom. The lowest BCUT2D eigenvalue weighted by molar-refractivity contribution is 0.0252. The van der Waals surface area contributed by atoms with Gasteiger partial charge in [-0.1, -0.05) is 30.3 Å². The Balaban J connectivity index is 1.59. The van der Waals surface area contributed by atoms with Gasteiger partial charge in [0.2, 0.25) is 0 Å². The molecule has 6 heteroatoms. The van der Waals surface area contributed by atoms with Gasteiger partial charge in [-0.25, -0.2) is 9.48 Å². The fourth-order valence-corrected chi connectivity index (χ4v) is 3.40. The smallest absolute Gasteiger partial charge is 0.339 e. The first-order chi connectivity index (χ1) is 13.5. The van der Waals surface area contributed by atoms with Crippen LogP contribution >= 0.6 is 0 Å². The molecule has 1 N–H and O–H groups in total. The Hall–Kier alpha value is -3.41. The number of esters is 1. The molecule has 0 saturated carbocycles. The minimum Gasteiger partial charge on any atom is -0.454 e. The highest BCUT2D eigenvalue weighted by Gasteiger charge is 2.28. The highest BCUT2D eigenvalue weighted by molar-refractivity contribution is 6.05. The highest BCUT2D eigenvalue weighted by atomic mass is 16.5. The van der Waals surface area contributed by atoms with E-state index in [0.29, 0.717) is 23.4 Å². The zero-order valence-electron chi connectivity index (χ0n) is 15.8. The molecule has 0 radical (unpaired) electrons. The number of anilines is 1. The van der Waals surface area contributed by atoms with E-state index in [1.165, 1.54) is 0 Å². The molecule has 0 saturated heterocycles. The number of aromatic nitrogens is 2. The average molecular weight is 375 g/mol. The Bertz CT molecular complexity index is 1020. The van der Waals surface area contributed by atoms with Crippen molar-refractivity contribution in [3.8, 4) is 0 Å². The van der Waals surface area contributed by atoms with Gasteiger partial charge in [0.1, 0.15) is 11.9 Å². The highest BCUT2D eigenvalue weighted by Crippen LogP contribution is 2.31.